The SMILES string of the molecule is CN(C(=O)Nc1ccc(Cl)cc1)c1cc[nH]c1. The molecule has 0 aliphatic heterocycles. The van der Waals surface area contributed by atoms with Crippen molar-refractivity contribution < 1.29 is 4.79 Å². The van der Waals surface area contributed by atoms with Crippen molar-refractivity contribution in [3.8, 4) is 0 Å². The molecule has 0 aliphatic carbocycles. The van der Waals surface area contributed by atoms with E-state index in [1.165, 1.54) is 4.90 Å². The second-order valence-corrected chi connectivity index (χ2v) is 4.00. The van der Waals surface area contributed by atoms with Crippen LogP contribution in [0, 0.1) is 0 Å². The molecule has 0 unspecified atom stereocenters. The van der Waals surface area contributed by atoms with E-state index in [0.717, 1.165) is 5.69 Å². The van der Waals surface area contributed by atoms with Gasteiger partial charge in [-0.1, -0.05) is 11.6 Å². The maximum absolute atomic E-state index is 11.9. The molecule has 0 spiro atoms. The molecule has 17 heavy (non-hydrogen) atoms. The number of anilines is 2. The molecule has 2 amide bonds. The number of nitrogens with one attached hydrogen (secondary N) is 2. The molecule has 2 N–H and O–H groups in total. The third kappa shape index (κ3) is 2.79. The van der Waals surface area contributed by atoms with E-state index in [9.17, 15) is 4.79 Å². The van der Waals surface area contributed by atoms with E-state index in [1.54, 1.807) is 43.7 Å². The summed E-state index contributed by atoms with van der Waals surface area (Å²) in [5.74, 6) is 0. The van der Waals surface area contributed by atoms with E-state index in [-0.39, 0.29) is 6.03 Å². The minimum atomic E-state index is -0.202. The van der Waals surface area contributed by atoms with Gasteiger partial charge >= 0.3 is 6.03 Å². The first-order valence-corrected chi connectivity index (χ1v) is 5.47. The number of carbonyl (C=O) groups excluding carboxylic acids is 1. The van der Waals surface area contributed by atoms with Gasteiger partial charge in [0.15, 0.2) is 0 Å². The molecule has 88 valence electrons. The number of nitrogens with zero attached hydrogens (tertiary/aromatic N) is 1. The predicted octanol–water partition coefficient (Wildman–Crippen LogP) is 3.34. The Morgan fingerprint density at radius 1 is 1.29 bits per heavy atom. The van der Waals surface area contributed by atoms with Crippen LogP contribution in [0.3, 0.4) is 0 Å². The fourth-order valence-electron chi connectivity index (χ4n) is 1.38. The molecule has 4 nitrogen and oxygen atoms in total. The first-order valence-electron chi connectivity index (χ1n) is 5.10. The van der Waals surface area contributed by atoms with Crippen LogP contribution in [0.5, 0.6) is 0 Å². The van der Waals surface area contributed by atoms with Crippen LogP contribution >= 0.6 is 11.6 Å². The number of rotatable bonds is 2. The molecule has 0 aliphatic rings. The average Bonchev–Trinajstić information content (AvgIpc) is 2.84. The molecular weight excluding hydrogens is 238 g/mol. The fraction of sp³-hybridized carbons (Fsp3) is 0.0833. The Balaban J connectivity index is 2.04. The number of hydrogen-bond donors (Lipinski definition) is 2. The number of halogens is 1. The predicted molar refractivity (Wildman–Crippen MR) is 69.7 cm³/mol. The quantitative estimate of drug-likeness (QED) is 0.843. The summed E-state index contributed by atoms with van der Waals surface area (Å²) in [6.07, 6.45) is 3.52. The first kappa shape index (κ1) is 11.5. The Hall–Kier alpha value is -1.94. The highest BCUT2D eigenvalue weighted by Crippen LogP contribution is 2.15. The number of carbonyl (C=O) groups is 1. The van der Waals surface area contributed by atoms with Gasteiger partial charge in [0.2, 0.25) is 0 Å². The first-order chi connectivity index (χ1) is 8.16. The Morgan fingerprint density at radius 2 is 2.00 bits per heavy atom. The molecule has 0 fully saturated rings. The lowest BCUT2D eigenvalue weighted by Gasteiger charge is -2.16. The van der Waals surface area contributed by atoms with Crippen LogP contribution in [-0.2, 0) is 0 Å². The highest BCUT2D eigenvalue weighted by Gasteiger charge is 2.10. The summed E-state index contributed by atoms with van der Waals surface area (Å²) in [7, 11) is 1.70. The van der Waals surface area contributed by atoms with Gasteiger partial charge in [0.05, 0.1) is 5.69 Å². The fourth-order valence-corrected chi connectivity index (χ4v) is 1.51. The van der Waals surface area contributed by atoms with Crippen molar-refractivity contribution in [2.75, 3.05) is 17.3 Å². The van der Waals surface area contributed by atoms with E-state index in [1.807, 2.05) is 6.07 Å². The van der Waals surface area contributed by atoms with E-state index < -0.39 is 0 Å². The summed E-state index contributed by atoms with van der Waals surface area (Å²) < 4.78 is 0. The minimum absolute atomic E-state index is 0.202. The van der Waals surface area contributed by atoms with E-state index in [2.05, 4.69) is 10.3 Å². The van der Waals surface area contributed by atoms with Gasteiger partial charge in [-0.05, 0) is 30.3 Å². The van der Waals surface area contributed by atoms with Gasteiger partial charge in [-0.25, -0.2) is 4.79 Å². The highest BCUT2D eigenvalue weighted by atomic mass is 35.5. The number of H-pyrrole nitrogens is 1. The van der Waals surface area contributed by atoms with Gasteiger partial charge in [0, 0.05) is 30.2 Å². The van der Waals surface area contributed by atoms with Crippen LogP contribution in [0.25, 0.3) is 0 Å². The van der Waals surface area contributed by atoms with Crippen molar-refractivity contribution in [1.29, 1.82) is 0 Å². The van der Waals surface area contributed by atoms with Crippen molar-refractivity contribution in [1.82, 2.24) is 4.98 Å². The van der Waals surface area contributed by atoms with Crippen LogP contribution < -0.4 is 10.2 Å². The van der Waals surface area contributed by atoms with Gasteiger partial charge < -0.3 is 10.3 Å². The molecule has 1 aromatic carbocycles. The molecule has 0 radical (unpaired) electrons. The monoisotopic (exact) mass is 249 g/mol. The zero-order valence-electron chi connectivity index (χ0n) is 9.27. The van der Waals surface area contributed by atoms with Crippen molar-refractivity contribution in [2.24, 2.45) is 0 Å². The summed E-state index contributed by atoms with van der Waals surface area (Å²) in [6.45, 7) is 0. The number of aromatic nitrogens is 1. The van der Waals surface area contributed by atoms with E-state index in [0.29, 0.717) is 10.7 Å². The molecule has 0 saturated carbocycles. The zero-order valence-corrected chi connectivity index (χ0v) is 10.0. The minimum Gasteiger partial charge on any atom is -0.366 e. The lowest BCUT2D eigenvalue weighted by Crippen LogP contribution is -2.30. The Kier molecular flexibility index (Phi) is 3.35. The molecule has 1 heterocycles. The van der Waals surface area contributed by atoms with Crippen LogP contribution in [0.15, 0.2) is 42.7 Å². The molecule has 2 aromatic rings. The average molecular weight is 250 g/mol. The third-order valence-corrected chi connectivity index (χ3v) is 2.62. The van der Waals surface area contributed by atoms with Crippen molar-refractivity contribution in [3.05, 3.63) is 47.7 Å². The van der Waals surface area contributed by atoms with Crippen molar-refractivity contribution in [3.63, 3.8) is 0 Å². The number of hydrogen-bond acceptors (Lipinski definition) is 1. The number of amides is 2. The van der Waals surface area contributed by atoms with E-state index in [4.69, 9.17) is 11.6 Å². The number of benzene rings is 1. The Morgan fingerprint density at radius 3 is 2.59 bits per heavy atom. The van der Waals surface area contributed by atoms with Crippen molar-refractivity contribution >= 4 is 29.0 Å². The van der Waals surface area contributed by atoms with Gasteiger partial charge in [0.25, 0.3) is 0 Å². The number of aromatic amines is 1. The molecule has 2 rings (SSSR count). The maximum Gasteiger partial charge on any atom is 0.326 e. The van der Waals surface area contributed by atoms with Gasteiger partial charge in [-0.2, -0.15) is 0 Å². The van der Waals surface area contributed by atoms with Gasteiger partial charge in [-0.15, -0.1) is 0 Å². The topological polar surface area (TPSA) is 48.1 Å². The summed E-state index contributed by atoms with van der Waals surface area (Å²) >= 11 is 5.76. The standard InChI is InChI=1S/C12H12ClN3O/c1-16(11-6-7-14-8-11)12(17)15-10-4-2-9(13)3-5-10/h2-8,14H,1H3,(H,15,17). The maximum atomic E-state index is 11.9. The largest absolute Gasteiger partial charge is 0.366 e. The molecule has 0 bridgehead atoms. The normalized spacial score (nSPS) is 10.0. The summed E-state index contributed by atoms with van der Waals surface area (Å²) in [5.41, 5.74) is 1.51. The molecule has 5 heteroatoms. The number of urea groups is 1. The van der Waals surface area contributed by atoms with Gasteiger partial charge in [-0.3, -0.25) is 4.90 Å². The summed E-state index contributed by atoms with van der Waals surface area (Å²) in [5, 5.41) is 3.41. The lowest BCUT2D eigenvalue weighted by atomic mass is 10.3. The second kappa shape index (κ2) is 4.93. The van der Waals surface area contributed by atoms with Crippen LogP contribution in [-0.4, -0.2) is 18.1 Å². The highest BCUT2D eigenvalue weighted by molar-refractivity contribution is 6.30. The van der Waals surface area contributed by atoms with E-state index >= 15 is 0 Å². The Labute approximate surface area is 104 Å². The molecule has 0 saturated heterocycles. The third-order valence-electron chi connectivity index (χ3n) is 2.37. The molecule has 0 atom stereocenters. The van der Waals surface area contributed by atoms with Crippen LogP contribution in [0.2, 0.25) is 5.02 Å². The van der Waals surface area contributed by atoms with Crippen LogP contribution in [0.4, 0.5) is 16.2 Å². The molecule has 1 aromatic heterocycles. The molecular formula is C12H12ClN3O. The zero-order chi connectivity index (χ0) is 12.3. The summed E-state index contributed by atoms with van der Waals surface area (Å²) in [4.78, 5) is 16.3. The van der Waals surface area contributed by atoms with Crippen LogP contribution in [0.1, 0.15) is 0 Å². The smallest absolute Gasteiger partial charge is 0.326 e. The second-order valence-electron chi connectivity index (χ2n) is 3.57. The van der Waals surface area contributed by atoms with Crippen molar-refractivity contribution in [2.45, 2.75) is 0 Å². The van der Waals surface area contributed by atoms with Gasteiger partial charge in [0.1, 0.15) is 0 Å². The lowest BCUT2D eigenvalue weighted by molar-refractivity contribution is 0.258. The summed E-state index contributed by atoms with van der Waals surface area (Å²) in [6, 6.07) is 8.59. The Bertz CT molecular complexity index is 493.